The van der Waals surface area contributed by atoms with Crippen LogP contribution in [0.2, 0.25) is 0 Å². The molecule has 3 rings (SSSR count). The van der Waals surface area contributed by atoms with Crippen molar-refractivity contribution in [3.63, 3.8) is 0 Å². The average molecular weight is 358 g/mol. The molecule has 0 spiro atoms. The normalized spacial score (nSPS) is 34.5. The smallest absolute Gasteiger partial charge is 0.186 e. The van der Waals surface area contributed by atoms with Gasteiger partial charge in [0.1, 0.15) is 0 Å². The van der Waals surface area contributed by atoms with Crippen molar-refractivity contribution in [3.8, 4) is 0 Å². The summed E-state index contributed by atoms with van der Waals surface area (Å²) >= 11 is 0. The number of hydrogen-bond donors (Lipinski definition) is 0. The number of carbonyl (C=O) groups excluding carboxylic acids is 2. The molecule has 4 nitrogen and oxygen atoms in total. The van der Waals surface area contributed by atoms with Gasteiger partial charge < -0.3 is 9.47 Å². The molecule has 3 aliphatic carbocycles. The first-order chi connectivity index (χ1) is 12.2. The van der Waals surface area contributed by atoms with Crippen LogP contribution < -0.4 is 0 Å². The minimum absolute atomic E-state index is 0.00651. The molecule has 0 bridgehead atoms. The van der Waals surface area contributed by atoms with Gasteiger partial charge in [0.2, 0.25) is 0 Å². The monoisotopic (exact) mass is 358 g/mol. The van der Waals surface area contributed by atoms with Crippen molar-refractivity contribution in [2.75, 3.05) is 20.8 Å². The standard InChI is InChI=1S/C22H30O4/c1-13(2)15-11-16(23)19-14(20(15)24)7-8-17-21(19,3)10-9-18(26-6)22(17,4)12-25-5/h8,11,13,18H,7,9-10,12H2,1-6H3/t18-,21+,22+/m0/s1. The molecule has 3 aliphatic rings. The minimum atomic E-state index is -0.429. The SMILES string of the molecule is COC[C@]1(C)C2=CCC3=C(C(=O)C=C(C(C)C)C3=O)[C@]2(C)CC[C@@H]1OC. The van der Waals surface area contributed by atoms with Crippen molar-refractivity contribution in [1.29, 1.82) is 0 Å². The van der Waals surface area contributed by atoms with Gasteiger partial charge in [-0.2, -0.15) is 0 Å². The van der Waals surface area contributed by atoms with Crippen LogP contribution in [0.3, 0.4) is 0 Å². The molecule has 0 radical (unpaired) electrons. The molecule has 0 N–H and O–H groups in total. The van der Waals surface area contributed by atoms with Gasteiger partial charge in [-0.3, -0.25) is 9.59 Å². The van der Waals surface area contributed by atoms with Crippen molar-refractivity contribution in [1.82, 2.24) is 0 Å². The Morgan fingerprint density at radius 2 is 1.92 bits per heavy atom. The van der Waals surface area contributed by atoms with E-state index in [9.17, 15) is 9.59 Å². The Morgan fingerprint density at radius 1 is 1.23 bits per heavy atom. The Hall–Kier alpha value is -1.52. The second kappa shape index (κ2) is 6.58. The highest BCUT2D eigenvalue weighted by Crippen LogP contribution is 2.59. The molecule has 1 saturated carbocycles. The molecule has 4 heteroatoms. The van der Waals surface area contributed by atoms with Crippen molar-refractivity contribution in [2.24, 2.45) is 16.7 Å². The van der Waals surface area contributed by atoms with Gasteiger partial charge in [0.15, 0.2) is 11.6 Å². The lowest BCUT2D eigenvalue weighted by Gasteiger charge is -2.53. The summed E-state index contributed by atoms with van der Waals surface area (Å²) in [7, 11) is 3.44. The lowest BCUT2D eigenvalue weighted by Crippen LogP contribution is -2.51. The maximum absolute atomic E-state index is 13.1. The van der Waals surface area contributed by atoms with Gasteiger partial charge in [-0.15, -0.1) is 0 Å². The van der Waals surface area contributed by atoms with E-state index in [0.29, 0.717) is 29.7 Å². The van der Waals surface area contributed by atoms with Crippen LogP contribution in [-0.2, 0) is 19.1 Å². The third-order valence-electron chi connectivity index (χ3n) is 6.61. The minimum Gasteiger partial charge on any atom is -0.384 e. The van der Waals surface area contributed by atoms with Crippen molar-refractivity contribution in [2.45, 2.75) is 53.1 Å². The van der Waals surface area contributed by atoms with Crippen molar-refractivity contribution in [3.05, 3.63) is 34.4 Å². The number of Topliss-reactive ketones (excluding diaryl/α,β-unsaturated/α-hetero) is 1. The molecule has 0 aromatic rings. The van der Waals surface area contributed by atoms with Crippen LogP contribution in [0.1, 0.15) is 47.0 Å². The Bertz CT molecular complexity index is 739. The van der Waals surface area contributed by atoms with Crippen LogP contribution in [0.5, 0.6) is 0 Å². The number of methoxy groups -OCH3 is 2. The highest BCUT2D eigenvalue weighted by Gasteiger charge is 2.55. The summed E-state index contributed by atoms with van der Waals surface area (Å²) in [5.74, 6) is 0.113. The molecule has 26 heavy (non-hydrogen) atoms. The zero-order valence-corrected chi connectivity index (χ0v) is 16.8. The average Bonchev–Trinajstić information content (AvgIpc) is 2.57. The van der Waals surface area contributed by atoms with Crippen LogP contribution >= 0.6 is 0 Å². The van der Waals surface area contributed by atoms with E-state index < -0.39 is 5.41 Å². The lowest BCUT2D eigenvalue weighted by atomic mass is 9.52. The number of ketones is 2. The maximum atomic E-state index is 13.1. The first-order valence-corrected chi connectivity index (χ1v) is 9.47. The molecule has 0 aliphatic heterocycles. The number of ether oxygens (including phenoxy) is 2. The number of rotatable bonds is 4. The van der Waals surface area contributed by atoms with Gasteiger partial charge in [0, 0.05) is 41.8 Å². The second-order valence-electron chi connectivity index (χ2n) is 8.57. The fourth-order valence-corrected chi connectivity index (χ4v) is 5.39. The van der Waals surface area contributed by atoms with E-state index in [1.165, 1.54) is 5.57 Å². The third-order valence-corrected chi connectivity index (χ3v) is 6.61. The lowest BCUT2D eigenvalue weighted by molar-refractivity contribution is -0.117. The fraction of sp³-hybridized carbons (Fsp3) is 0.636. The second-order valence-corrected chi connectivity index (χ2v) is 8.57. The van der Waals surface area contributed by atoms with E-state index in [-0.39, 0.29) is 29.0 Å². The van der Waals surface area contributed by atoms with E-state index in [1.807, 2.05) is 13.8 Å². The fourth-order valence-electron chi connectivity index (χ4n) is 5.39. The molecule has 0 heterocycles. The summed E-state index contributed by atoms with van der Waals surface area (Å²) in [6.45, 7) is 8.74. The van der Waals surface area contributed by atoms with E-state index >= 15 is 0 Å². The third kappa shape index (κ3) is 2.57. The number of hydrogen-bond acceptors (Lipinski definition) is 4. The van der Waals surface area contributed by atoms with E-state index in [4.69, 9.17) is 9.47 Å². The van der Waals surface area contributed by atoms with Crippen molar-refractivity contribution >= 4 is 11.6 Å². The van der Waals surface area contributed by atoms with Gasteiger partial charge >= 0.3 is 0 Å². The molecular weight excluding hydrogens is 328 g/mol. The Kier molecular flexibility index (Phi) is 4.87. The zero-order valence-electron chi connectivity index (χ0n) is 16.8. The van der Waals surface area contributed by atoms with Crippen LogP contribution in [0.15, 0.2) is 34.4 Å². The molecule has 0 amide bonds. The number of allylic oxidation sites excluding steroid dienone is 5. The highest BCUT2D eigenvalue weighted by molar-refractivity contribution is 6.24. The van der Waals surface area contributed by atoms with Gasteiger partial charge in [-0.1, -0.05) is 39.3 Å². The van der Waals surface area contributed by atoms with Crippen LogP contribution in [0, 0.1) is 16.7 Å². The molecule has 1 fully saturated rings. The largest absolute Gasteiger partial charge is 0.384 e. The summed E-state index contributed by atoms with van der Waals surface area (Å²) in [6, 6.07) is 0. The van der Waals surface area contributed by atoms with E-state index in [1.54, 1.807) is 20.3 Å². The van der Waals surface area contributed by atoms with Gasteiger partial charge in [-0.25, -0.2) is 0 Å². The van der Waals surface area contributed by atoms with Gasteiger partial charge in [0.25, 0.3) is 0 Å². The summed E-state index contributed by atoms with van der Waals surface area (Å²) < 4.78 is 11.3. The summed E-state index contributed by atoms with van der Waals surface area (Å²) in [5.41, 5.74) is 2.50. The van der Waals surface area contributed by atoms with E-state index in [0.717, 1.165) is 12.8 Å². The predicted octanol–water partition coefficient (Wildman–Crippen LogP) is 3.82. The van der Waals surface area contributed by atoms with Crippen LogP contribution in [0.25, 0.3) is 0 Å². The van der Waals surface area contributed by atoms with Gasteiger partial charge in [0.05, 0.1) is 12.7 Å². The van der Waals surface area contributed by atoms with Gasteiger partial charge in [-0.05, 0) is 31.3 Å². The molecular formula is C22H30O4. The Labute approximate surface area is 156 Å². The Balaban J connectivity index is 2.10. The molecule has 3 atom stereocenters. The molecule has 0 aromatic heterocycles. The Morgan fingerprint density at radius 3 is 2.50 bits per heavy atom. The first-order valence-electron chi connectivity index (χ1n) is 9.47. The van der Waals surface area contributed by atoms with Crippen LogP contribution in [0.4, 0.5) is 0 Å². The highest BCUT2D eigenvalue weighted by atomic mass is 16.5. The summed E-state index contributed by atoms with van der Waals surface area (Å²) in [4.78, 5) is 26.1. The van der Waals surface area contributed by atoms with Crippen molar-refractivity contribution < 1.29 is 19.1 Å². The maximum Gasteiger partial charge on any atom is 0.186 e. The molecule has 142 valence electrons. The topological polar surface area (TPSA) is 52.6 Å². The van der Waals surface area contributed by atoms with Crippen LogP contribution in [-0.4, -0.2) is 38.5 Å². The quantitative estimate of drug-likeness (QED) is 0.566. The van der Waals surface area contributed by atoms with E-state index in [2.05, 4.69) is 19.9 Å². The molecule has 0 unspecified atom stereocenters. The summed E-state index contributed by atoms with van der Waals surface area (Å²) in [6.07, 6.45) is 5.95. The zero-order chi connectivity index (χ0) is 19.3. The first kappa shape index (κ1) is 19.2. The number of fused-ring (bicyclic) bond motifs is 2. The summed E-state index contributed by atoms with van der Waals surface area (Å²) in [5, 5.41) is 0. The number of carbonyl (C=O) groups is 2. The predicted molar refractivity (Wildman–Crippen MR) is 101 cm³/mol. The molecule has 0 aromatic carbocycles. The molecule has 0 saturated heterocycles.